The molecule has 2 rings (SSSR count). The first-order valence-corrected chi connectivity index (χ1v) is 6.26. The number of carbonyl (C=O) groups is 1. The van der Waals surface area contributed by atoms with E-state index in [1.807, 2.05) is 6.07 Å². The molecular formula is C9H6Br2N6O. The summed E-state index contributed by atoms with van der Waals surface area (Å²) in [6.45, 7) is 0. The lowest BCUT2D eigenvalue weighted by Gasteiger charge is -2.04. The zero-order chi connectivity index (χ0) is 13.3. The van der Waals surface area contributed by atoms with E-state index in [-0.39, 0.29) is 11.3 Å². The summed E-state index contributed by atoms with van der Waals surface area (Å²) in [5, 5.41) is 21.8. The lowest BCUT2D eigenvalue weighted by molar-refractivity contribution is 0.102. The van der Waals surface area contributed by atoms with Crippen molar-refractivity contribution in [3.8, 4) is 6.07 Å². The zero-order valence-electron chi connectivity index (χ0n) is 9.03. The van der Waals surface area contributed by atoms with Crippen LogP contribution in [0.2, 0.25) is 0 Å². The number of hydrogen-bond acceptors (Lipinski definition) is 4. The molecule has 1 amide bonds. The van der Waals surface area contributed by atoms with Gasteiger partial charge in [0, 0.05) is 7.05 Å². The van der Waals surface area contributed by atoms with Crippen LogP contribution in [-0.2, 0) is 7.05 Å². The number of amides is 1. The average molecular weight is 374 g/mol. The fourth-order valence-electron chi connectivity index (χ4n) is 1.29. The van der Waals surface area contributed by atoms with Gasteiger partial charge in [-0.3, -0.25) is 14.6 Å². The van der Waals surface area contributed by atoms with Crippen molar-refractivity contribution in [3.63, 3.8) is 0 Å². The van der Waals surface area contributed by atoms with Gasteiger partial charge < -0.3 is 5.32 Å². The number of aryl methyl sites for hydroxylation is 1. The standard InChI is InChI=1S/C9H6Br2N6O/c1-17-8(4(2-12)3-13-17)14-9(18)6-5(10)7(11)16-15-6/h3H,1H3,(H,14,18)(H,15,16). The van der Waals surface area contributed by atoms with E-state index in [1.54, 1.807) is 7.05 Å². The van der Waals surface area contributed by atoms with Gasteiger partial charge in [0.05, 0.1) is 10.7 Å². The maximum atomic E-state index is 12.0. The number of hydrogen-bond donors (Lipinski definition) is 2. The summed E-state index contributed by atoms with van der Waals surface area (Å²) >= 11 is 6.41. The fourth-order valence-corrected chi connectivity index (χ4v) is 1.93. The quantitative estimate of drug-likeness (QED) is 0.838. The second kappa shape index (κ2) is 4.91. The van der Waals surface area contributed by atoms with Gasteiger partial charge in [-0.15, -0.1) is 0 Å². The Bertz CT molecular complexity index is 653. The average Bonchev–Trinajstić information content (AvgIpc) is 2.85. The minimum atomic E-state index is -0.441. The number of aromatic amines is 1. The van der Waals surface area contributed by atoms with E-state index in [0.717, 1.165) is 0 Å². The summed E-state index contributed by atoms with van der Waals surface area (Å²) in [6.07, 6.45) is 1.38. The molecule has 0 saturated heterocycles. The van der Waals surface area contributed by atoms with Gasteiger partial charge in [-0.1, -0.05) is 0 Å². The van der Waals surface area contributed by atoms with E-state index in [2.05, 4.69) is 52.5 Å². The molecule has 0 aromatic carbocycles. The van der Waals surface area contributed by atoms with Crippen molar-refractivity contribution in [1.82, 2.24) is 20.0 Å². The molecule has 92 valence electrons. The van der Waals surface area contributed by atoms with Gasteiger partial charge in [0.1, 0.15) is 22.1 Å². The summed E-state index contributed by atoms with van der Waals surface area (Å²) in [5.74, 6) is -0.113. The first-order valence-electron chi connectivity index (χ1n) is 4.67. The zero-order valence-corrected chi connectivity index (χ0v) is 12.2. The lowest BCUT2D eigenvalue weighted by Crippen LogP contribution is -2.16. The molecule has 0 fully saturated rings. The molecule has 0 aliphatic heterocycles. The van der Waals surface area contributed by atoms with Crippen LogP contribution in [0.25, 0.3) is 0 Å². The molecule has 18 heavy (non-hydrogen) atoms. The predicted octanol–water partition coefficient (Wildman–Crippen LogP) is 1.79. The second-order valence-electron chi connectivity index (χ2n) is 3.30. The van der Waals surface area contributed by atoms with Crippen LogP contribution in [0.1, 0.15) is 16.1 Å². The highest BCUT2D eigenvalue weighted by Crippen LogP contribution is 2.24. The predicted molar refractivity (Wildman–Crippen MR) is 69.9 cm³/mol. The third-order valence-corrected chi connectivity index (χ3v) is 4.05. The summed E-state index contributed by atoms with van der Waals surface area (Å²) < 4.78 is 2.49. The number of carbonyl (C=O) groups excluding carboxylic acids is 1. The molecule has 2 heterocycles. The van der Waals surface area contributed by atoms with E-state index >= 15 is 0 Å². The number of nitriles is 1. The molecule has 0 aliphatic carbocycles. The Morgan fingerprint density at radius 3 is 2.89 bits per heavy atom. The van der Waals surface area contributed by atoms with E-state index in [4.69, 9.17) is 5.26 Å². The van der Waals surface area contributed by atoms with Crippen molar-refractivity contribution in [2.45, 2.75) is 0 Å². The van der Waals surface area contributed by atoms with E-state index in [9.17, 15) is 4.79 Å². The Balaban J connectivity index is 2.30. The summed E-state index contributed by atoms with van der Waals surface area (Å²) in [7, 11) is 1.63. The van der Waals surface area contributed by atoms with Crippen molar-refractivity contribution in [2.75, 3.05) is 5.32 Å². The van der Waals surface area contributed by atoms with Gasteiger partial charge >= 0.3 is 0 Å². The molecule has 0 spiro atoms. The smallest absolute Gasteiger partial charge is 0.278 e. The molecule has 2 aromatic rings. The molecular weight excluding hydrogens is 368 g/mol. The van der Waals surface area contributed by atoms with Crippen molar-refractivity contribution in [2.24, 2.45) is 7.05 Å². The molecule has 0 radical (unpaired) electrons. The molecule has 0 atom stereocenters. The lowest BCUT2D eigenvalue weighted by atomic mass is 10.3. The van der Waals surface area contributed by atoms with Crippen molar-refractivity contribution in [3.05, 3.63) is 26.5 Å². The van der Waals surface area contributed by atoms with Crippen LogP contribution in [0.3, 0.4) is 0 Å². The van der Waals surface area contributed by atoms with Gasteiger partial charge in [-0.2, -0.15) is 15.5 Å². The Kier molecular flexibility index (Phi) is 3.49. The highest BCUT2D eigenvalue weighted by atomic mass is 79.9. The van der Waals surface area contributed by atoms with Crippen LogP contribution in [0.15, 0.2) is 15.3 Å². The third kappa shape index (κ3) is 2.16. The molecule has 0 aliphatic rings. The number of aromatic nitrogens is 4. The Hall–Kier alpha value is -1.66. The van der Waals surface area contributed by atoms with Gasteiger partial charge in [-0.05, 0) is 31.9 Å². The number of halogens is 2. The molecule has 9 heteroatoms. The topological polar surface area (TPSA) is 99.4 Å². The van der Waals surface area contributed by atoms with Crippen LogP contribution in [0.5, 0.6) is 0 Å². The van der Waals surface area contributed by atoms with Gasteiger partial charge in [-0.25, -0.2) is 0 Å². The highest BCUT2D eigenvalue weighted by molar-refractivity contribution is 9.13. The second-order valence-corrected chi connectivity index (χ2v) is 4.88. The molecule has 0 bridgehead atoms. The Morgan fingerprint density at radius 1 is 1.61 bits per heavy atom. The van der Waals surface area contributed by atoms with Crippen LogP contribution in [0, 0.1) is 11.3 Å². The molecule has 7 nitrogen and oxygen atoms in total. The maximum Gasteiger partial charge on any atom is 0.278 e. The van der Waals surface area contributed by atoms with E-state index < -0.39 is 5.91 Å². The van der Waals surface area contributed by atoms with Crippen LogP contribution in [0.4, 0.5) is 5.82 Å². The largest absolute Gasteiger partial charge is 0.304 e. The number of anilines is 1. The van der Waals surface area contributed by atoms with Crippen LogP contribution >= 0.6 is 31.9 Å². The first-order chi connectivity index (χ1) is 8.54. The number of H-pyrrole nitrogens is 1. The van der Waals surface area contributed by atoms with Gasteiger partial charge in [0.15, 0.2) is 5.69 Å². The van der Waals surface area contributed by atoms with E-state index in [1.165, 1.54) is 10.9 Å². The summed E-state index contributed by atoms with van der Waals surface area (Å²) in [6, 6.07) is 1.95. The molecule has 0 unspecified atom stereocenters. The number of nitrogens with zero attached hydrogens (tertiary/aromatic N) is 4. The summed E-state index contributed by atoms with van der Waals surface area (Å²) in [5.41, 5.74) is 0.475. The third-order valence-electron chi connectivity index (χ3n) is 2.17. The molecule has 2 N–H and O–H groups in total. The number of nitrogens with one attached hydrogen (secondary N) is 2. The number of rotatable bonds is 2. The van der Waals surface area contributed by atoms with Gasteiger partial charge in [0.25, 0.3) is 5.91 Å². The van der Waals surface area contributed by atoms with Crippen molar-refractivity contribution in [1.29, 1.82) is 5.26 Å². The van der Waals surface area contributed by atoms with Crippen molar-refractivity contribution < 1.29 is 4.79 Å². The molecule has 0 saturated carbocycles. The Morgan fingerprint density at radius 2 is 2.33 bits per heavy atom. The molecule has 2 aromatic heterocycles. The SMILES string of the molecule is Cn1ncc(C#N)c1NC(=O)c1n[nH]c(Br)c1Br. The van der Waals surface area contributed by atoms with Crippen LogP contribution in [-0.4, -0.2) is 25.9 Å². The summed E-state index contributed by atoms with van der Waals surface area (Å²) in [4.78, 5) is 12.0. The normalized spacial score (nSPS) is 10.1. The maximum absolute atomic E-state index is 12.0. The first kappa shape index (κ1) is 12.8. The van der Waals surface area contributed by atoms with Gasteiger partial charge in [0.2, 0.25) is 0 Å². The van der Waals surface area contributed by atoms with E-state index in [0.29, 0.717) is 14.9 Å². The fraction of sp³-hybridized carbons (Fsp3) is 0.111. The van der Waals surface area contributed by atoms with Crippen LogP contribution < -0.4 is 5.32 Å². The minimum Gasteiger partial charge on any atom is -0.304 e. The van der Waals surface area contributed by atoms with Crippen molar-refractivity contribution >= 4 is 43.6 Å². The highest BCUT2D eigenvalue weighted by Gasteiger charge is 2.19. The minimum absolute atomic E-state index is 0.187. The monoisotopic (exact) mass is 372 g/mol. The Labute approximate surface area is 118 Å².